The van der Waals surface area contributed by atoms with E-state index >= 15 is 0 Å². The fraction of sp³-hybridized carbons (Fsp3) is 0.250. The molecule has 4 aromatic rings. The molecule has 0 spiro atoms. The summed E-state index contributed by atoms with van der Waals surface area (Å²) < 4.78 is 7.46. The van der Waals surface area contributed by atoms with E-state index in [2.05, 4.69) is 20.1 Å². The van der Waals surface area contributed by atoms with Gasteiger partial charge in [-0.05, 0) is 31.5 Å². The van der Waals surface area contributed by atoms with E-state index in [1.54, 1.807) is 50.3 Å². The second-order valence-corrected chi connectivity index (χ2v) is 8.60. The summed E-state index contributed by atoms with van der Waals surface area (Å²) in [5.74, 6) is 0.535. The van der Waals surface area contributed by atoms with Gasteiger partial charge >= 0.3 is 0 Å². The Hall–Kier alpha value is -4.05. The molecule has 10 nitrogen and oxygen atoms in total. The third kappa shape index (κ3) is 4.06. The largest absolute Gasteiger partial charge is 0.496 e. The van der Waals surface area contributed by atoms with E-state index in [1.807, 2.05) is 13.8 Å². The average Bonchev–Trinajstić information content (AvgIpc) is 3.24. The zero-order valence-corrected chi connectivity index (χ0v) is 20.7. The lowest BCUT2D eigenvalue weighted by atomic mass is 9.94. The number of amides is 1. The average molecular weight is 494 g/mol. The highest BCUT2D eigenvalue weighted by molar-refractivity contribution is 6.32. The van der Waals surface area contributed by atoms with Crippen LogP contribution < -0.4 is 10.5 Å². The molecular formula is C24H24ClN7O3. The summed E-state index contributed by atoms with van der Waals surface area (Å²) in [6, 6.07) is 4.84. The number of anilines is 1. The lowest BCUT2D eigenvalue weighted by molar-refractivity contribution is 0.0822. The van der Waals surface area contributed by atoms with Crippen LogP contribution in [0, 0.1) is 6.92 Å². The summed E-state index contributed by atoms with van der Waals surface area (Å²) in [6.07, 6.45) is 3.57. The molecule has 0 saturated carbocycles. The van der Waals surface area contributed by atoms with E-state index in [4.69, 9.17) is 22.1 Å². The Morgan fingerprint density at radius 2 is 2.00 bits per heavy atom. The Morgan fingerprint density at radius 3 is 2.60 bits per heavy atom. The third-order valence-electron chi connectivity index (χ3n) is 5.86. The molecule has 180 valence electrons. The number of hydrogen-bond donors (Lipinski definition) is 1. The molecule has 0 radical (unpaired) electrons. The van der Waals surface area contributed by atoms with Crippen molar-refractivity contribution in [2.24, 2.45) is 0 Å². The Balaban J connectivity index is 1.90. The molecule has 11 heteroatoms. The number of nitrogens with zero attached hydrogens (tertiary/aromatic N) is 6. The lowest BCUT2D eigenvalue weighted by Crippen LogP contribution is -2.22. The van der Waals surface area contributed by atoms with Crippen LogP contribution in [0.2, 0.25) is 5.02 Å². The van der Waals surface area contributed by atoms with Crippen molar-refractivity contribution in [1.29, 1.82) is 0 Å². The van der Waals surface area contributed by atoms with Gasteiger partial charge in [-0.2, -0.15) is 5.10 Å². The highest BCUT2D eigenvalue weighted by atomic mass is 35.5. The van der Waals surface area contributed by atoms with Gasteiger partial charge in [0.05, 0.1) is 18.5 Å². The molecule has 0 bridgehead atoms. The summed E-state index contributed by atoms with van der Waals surface area (Å²) >= 11 is 6.66. The topological polar surface area (TPSA) is 129 Å². The number of benzene rings is 1. The smallest absolute Gasteiger partial charge is 0.271 e. The molecule has 3 heterocycles. The first kappa shape index (κ1) is 24.1. The molecule has 0 fully saturated rings. The van der Waals surface area contributed by atoms with Gasteiger partial charge < -0.3 is 15.4 Å². The second-order valence-electron chi connectivity index (χ2n) is 8.19. The molecule has 3 aromatic heterocycles. The number of rotatable bonds is 6. The maximum absolute atomic E-state index is 12.3. The van der Waals surface area contributed by atoms with Crippen LogP contribution in [0.5, 0.6) is 5.75 Å². The SMILES string of the molecule is COc1c(C(C)n2nc(C=O)c3c(N)ncnc32)cc(Cl)c(C)c1-c1ccc(C(=O)N(C)C)nc1. The second kappa shape index (κ2) is 9.30. The van der Waals surface area contributed by atoms with Crippen LogP contribution in [-0.4, -0.2) is 63.0 Å². The highest BCUT2D eigenvalue weighted by Gasteiger charge is 2.26. The quantitative estimate of drug-likeness (QED) is 0.403. The van der Waals surface area contributed by atoms with E-state index < -0.39 is 6.04 Å². The molecular weight excluding hydrogens is 470 g/mol. The number of ether oxygens (including phenoxy) is 1. The van der Waals surface area contributed by atoms with E-state index in [1.165, 1.54) is 11.2 Å². The van der Waals surface area contributed by atoms with Crippen molar-refractivity contribution in [3.05, 3.63) is 58.3 Å². The molecule has 1 amide bonds. The van der Waals surface area contributed by atoms with E-state index in [0.29, 0.717) is 39.3 Å². The first-order chi connectivity index (χ1) is 16.7. The van der Waals surface area contributed by atoms with Gasteiger partial charge in [-0.1, -0.05) is 17.7 Å². The number of hydrogen-bond acceptors (Lipinski definition) is 8. The van der Waals surface area contributed by atoms with E-state index in [-0.39, 0.29) is 17.4 Å². The fourth-order valence-corrected chi connectivity index (χ4v) is 4.24. The Bertz CT molecular complexity index is 1450. The third-order valence-corrected chi connectivity index (χ3v) is 6.25. The number of methoxy groups -OCH3 is 1. The summed E-state index contributed by atoms with van der Waals surface area (Å²) in [7, 11) is 4.91. The molecule has 35 heavy (non-hydrogen) atoms. The minimum Gasteiger partial charge on any atom is -0.496 e. The van der Waals surface area contributed by atoms with Gasteiger partial charge in [0.25, 0.3) is 5.91 Å². The lowest BCUT2D eigenvalue weighted by Gasteiger charge is -2.22. The van der Waals surface area contributed by atoms with Crippen LogP contribution in [0.25, 0.3) is 22.2 Å². The van der Waals surface area contributed by atoms with Crippen molar-refractivity contribution in [2.45, 2.75) is 19.9 Å². The van der Waals surface area contributed by atoms with Crippen LogP contribution >= 0.6 is 11.6 Å². The number of pyridine rings is 1. The summed E-state index contributed by atoms with van der Waals surface area (Å²) in [5.41, 5.74) is 9.86. The number of halogens is 1. The molecule has 1 unspecified atom stereocenters. The van der Waals surface area contributed by atoms with Crippen molar-refractivity contribution in [1.82, 2.24) is 29.6 Å². The predicted molar refractivity (Wildman–Crippen MR) is 133 cm³/mol. The van der Waals surface area contributed by atoms with Gasteiger partial charge in [0.1, 0.15) is 29.3 Å². The normalized spacial score (nSPS) is 11.9. The fourth-order valence-electron chi connectivity index (χ4n) is 4.03. The van der Waals surface area contributed by atoms with Crippen molar-refractivity contribution < 1.29 is 14.3 Å². The Morgan fingerprint density at radius 1 is 1.26 bits per heavy atom. The first-order valence-corrected chi connectivity index (χ1v) is 11.1. The van der Waals surface area contributed by atoms with Crippen LogP contribution in [0.4, 0.5) is 5.82 Å². The first-order valence-electron chi connectivity index (χ1n) is 10.7. The molecule has 0 aliphatic heterocycles. The maximum atomic E-state index is 12.3. The molecule has 0 saturated heterocycles. The van der Waals surface area contributed by atoms with Gasteiger partial charge in [-0.15, -0.1) is 0 Å². The molecule has 0 aliphatic rings. The van der Waals surface area contributed by atoms with Crippen LogP contribution in [0.3, 0.4) is 0 Å². The number of aromatic nitrogens is 5. The standard InChI is InChI=1S/C24H24ClN7O3/c1-12-16(25)8-15(13(2)32-23-20(18(10-33)30-32)22(26)28-11-29-23)21(35-5)19(12)14-6-7-17(27-9-14)24(34)31(3)4/h6-11,13H,1-5H3,(H2,26,28,29). The maximum Gasteiger partial charge on any atom is 0.271 e. The number of fused-ring (bicyclic) bond motifs is 1. The molecule has 1 aromatic carbocycles. The number of carbonyl (C=O) groups excluding carboxylic acids is 2. The van der Waals surface area contributed by atoms with Crippen molar-refractivity contribution in [2.75, 3.05) is 26.9 Å². The minimum atomic E-state index is -0.435. The van der Waals surface area contributed by atoms with Crippen molar-refractivity contribution in [3.63, 3.8) is 0 Å². The van der Waals surface area contributed by atoms with E-state index in [0.717, 1.165) is 16.7 Å². The summed E-state index contributed by atoms with van der Waals surface area (Å²) in [4.78, 5) is 38.0. The Labute approximate surface area is 206 Å². The molecule has 4 rings (SSSR count). The van der Waals surface area contributed by atoms with Gasteiger partial charge in [0.15, 0.2) is 11.9 Å². The summed E-state index contributed by atoms with van der Waals surface area (Å²) in [6.45, 7) is 3.78. The van der Waals surface area contributed by atoms with Crippen LogP contribution in [0.15, 0.2) is 30.7 Å². The number of nitrogen functional groups attached to an aromatic ring is 1. The van der Waals surface area contributed by atoms with Crippen molar-refractivity contribution >= 4 is 40.6 Å². The molecule has 0 aliphatic carbocycles. The monoisotopic (exact) mass is 493 g/mol. The highest BCUT2D eigenvalue weighted by Crippen LogP contribution is 2.43. The van der Waals surface area contributed by atoms with Gasteiger partial charge in [-0.3, -0.25) is 14.6 Å². The molecule has 1 atom stereocenters. The zero-order chi connectivity index (χ0) is 25.4. The number of carbonyl (C=O) groups is 2. The van der Waals surface area contributed by atoms with Gasteiger partial charge in [0.2, 0.25) is 0 Å². The summed E-state index contributed by atoms with van der Waals surface area (Å²) in [5, 5.41) is 5.33. The molecule has 2 N–H and O–H groups in total. The minimum absolute atomic E-state index is 0.146. The van der Waals surface area contributed by atoms with Crippen LogP contribution in [0.1, 0.15) is 45.1 Å². The zero-order valence-electron chi connectivity index (χ0n) is 19.9. The van der Waals surface area contributed by atoms with Gasteiger partial charge in [-0.25, -0.2) is 14.6 Å². The van der Waals surface area contributed by atoms with E-state index in [9.17, 15) is 9.59 Å². The number of nitrogens with two attached hydrogens (primary N) is 1. The van der Waals surface area contributed by atoms with Crippen molar-refractivity contribution in [3.8, 4) is 16.9 Å². The Kier molecular flexibility index (Phi) is 6.40. The van der Waals surface area contributed by atoms with Crippen LogP contribution in [-0.2, 0) is 0 Å². The predicted octanol–water partition coefficient (Wildman–Crippen LogP) is 3.56. The number of aldehydes is 1. The van der Waals surface area contributed by atoms with Gasteiger partial charge in [0, 0.05) is 42.0 Å².